The van der Waals surface area contributed by atoms with E-state index in [0.717, 1.165) is 0 Å². The number of carbonyl (C=O) groups is 16. The van der Waals surface area contributed by atoms with Crippen molar-refractivity contribution in [1.82, 2.24) is 5.06 Å². The summed E-state index contributed by atoms with van der Waals surface area (Å²) in [6.45, 7) is 34.9. The van der Waals surface area contributed by atoms with Gasteiger partial charge in [-0.05, 0) is 66.2 Å². The second-order valence-electron chi connectivity index (χ2n) is 30.8. The van der Waals surface area contributed by atoms with Crippen LogP contribution in [0.15, 0.2) is 5.11 Å². The van der Waals surface area contributed by atoms with Crippen molar-refractivity contribution in [2.24, 2.45) is 81.9 Å². The number of aliphatic carboxylic acids is 1. The predicted molar refractivity (Wildman–Crippen MR) is 419 cm³/mol. The number of carbonyl (C=O) groups excluding carboxylic acids is 15. The van der Waals surface area contributed by atoms with E-state index in [0.29, 0.717) is 42.6 Å². The van der Waals surface area contributed by atoms with Gasteiger partial charge in [0.25, 0.3) is 11.8 Å². The number of alkyl halides is 1. The van der Waals surface area contributed by atoms with E-state index in [1.54, 1.807) is 0 Å². The number of halogens is 1. The Labute approximate surface area is 732 Å². The van der Waals surface area contributed by atoms with Crippen LogP contribution in [-0.2, 0) is 148 Å². The summed E-state index contributed by atoms with van der Waals surface area (Å²) in [6, 6.07) is 0. The number of Topliss-reactive ketones (excluding diaryl/α,β-unsaturated/α-hetero) is 2. The van der Waals surface area contributed by atoms with Crippen LogP contribution in [0.25, 0.3) is 26.4 Å². The van der Waals surface area contributed by atoms with E-state index >= 15 is 0 Å². The molecular formula is C79H124ClN8NaO32. The number of carboxylic acids is 1. The monoisotopic (exact) mass is 1750 g/mol. The third-order valence-electron chi connectivity index (χ3n) is 21.9. The van der Waals surface area contributed by atoms with Gasteiger partial charge in [0.05, 0.1) is 24.4 Å². The van der Waals surface area contributed by atoms with Crippen molar-refractivity contribution in [3.05, 3.63) is 26.4 Å². The second-order valence-corrected chi connectivity index (χ2v) is 31.3. The summed E-state index contributed by atoms with van der Waals surface area (Å²) < 4.78 is 73.7. The second kappa shape index (κ2) is 58.2. The molecule has 0 aromatic rings. The van der Waals surface area contributed by atoms with Crippen molar-refractivity contribution < 1.29 is 183 Å². The predicted octanol–water partition coefficient (Wildman–Crippen LogP) is 6.45. The number of cyclic esters (lactones) is 2. The van der Waals surface area contributed by atoms with E-state index in [9.17, 15) is 76.7 Å². The molecule has 0 radical (unpaired) electrons. The minimum atomic E-state index is -0.885. The number of ketones is 2. The number of amides is 2. The fourth-order valence-corrected chi connectivity index (χ4v) is 14.0. The number of carboxylic acid groups (broad SMARTS) is 1. The molecule has 7 heterocycles. The van der Waals surface area contributed by atoms with Crippen molar-refractivity contribution in [1.29, 1.82) is 0 Å². The molecule has 0 bridgehead atoms. The smallest absolute Gasteiger partial charge is 0.481 e. The Morgan fingerprint density at radius 2 is 0.760 bits per heavy atom. The maximum atomic E-state index is 12.4. The van der Waals surface area contributed by atoms with Gasteiger partial charge in [-0.25, -0.2) is 4.79 Å². The number of azide groups is 1. The number of ether oxygens (including phenoxy) is 14. The fraction of sp³-hybridized carbons (Fsp3) is 0.797. The number of nitrogens with two attached hydrogens (primary N) is 1. The van der Waals surface area contributed by atoms with E-state index in [2.05, 4.69) is 49.4 Å². The third kappa shape index (κ3) is 42.3. The number of imide groups is 1. The SMILES string of the molecule is CC(=O)OCC1OC(CC(=O)CCCC(=O)O)C(C)C(C)C1C.CC(=O)OCC1OC(CC(=O)CCCC(=O)ON2C(=O)CCC2=O)C(C)C(C)C1C.CC(=O)OCC1OC(Cl)C(C)C(C)C1OC(C)=O.CC(=O)OCC1OC(N)C(C)C(C)C1OC(C)=O.CC(=O)OCC1OC(N=[N+]=[N-])C(C)C(C)C1OC(C)=O.O=C1CCCC(=O)O1.[N-]=[N+]=[N-].[Na+]. The van der Waals surface area contributed by atoms with Crippen molar-refractivity contribution in [2.75, 3.05) is 33.0 Å². The van der Waals surface area contributed by atoms with Crippen LogP contribution in [0.4, 0.5) is 0 Å². The molecule has 7 aliphatic heterocycles. The Bertz CT molecular complexity index is 3420. The van der Waals surface area contributed by atoms with E-state index in [-0.39, 0.29) is 251 Å². The molecule has 2 amide bonds. The van der Waals surface area contributed by atoms with Gasteiger partial charge in [-0.1, -0.05) is 99.8 Å². The topological polar surface area (TPSA) is 569 Å². The number of nitrogens with zero attached hydrogens (tertiary/aromatic N) is 7. The van der Waals surface area contributed by atoms with Crippen LogP contribution in [0, 0.1) is 71.0 Å². The molecule has 0 aromatic carbocycles. The Morgan fingerprint density at radius 3 is 1.10 bits per heavy atom. The minimum Gasteiger partial charge on any atom is -0.481 e. The van der Waals surface area contributed by atoms with E-state index < -0.39 is 102 Å². The molecule has 680 valence electrons. The average molecular weight is 1760 g/mol. The number of hydroxylamine groups is 2. The van der Waals surface area contributed by atoms with Gasteiger partial charge in [-0.2, -0.15) is 0 Å². The maximum Gasteiger partial charge on any atom is 1.00 e. The molecule has 121 heavy (non-hydrogen) atoms. The standard InChI is InChI=1S/C21H31NO8.C17H28O6.C12H19ClO5.C12H19N3O5.C12H21NO5.C5H6O3.N3.Na/c1-12-13(2)17(29-18(14(12)3)11-28-15(4)23)10-16(24)6-5-7-21(27)30-22-19(25)8-9-20(22)26;1-10-11(2)15(8-14(19)6-5-7-17(20)21)23-16(12(10)3)9-22-13(4)18;1-6-7(2)12(13)18-10(5-16-8(3)14)11(6)17-9(4)15;1-6-7(2)12(14-15-13)20-10(5-18-8(3)16)11(6)19-9(4)17;1-6-7(2)12(13)18-10(5-16-8(3)14)11(6)17-9(4)15;6-4-2-1-3-5(7)8-4;1-3-2;/h12-14,17-18H,5-11H2,1-4H3;10-12,15-16H,5-9H2,1-4H3,(H,20,21);6-7,10-12H,5H2,1-4H3;6-7,10-12H,5H2,1-4H3;6-7,10-12H,5,13H2,1-4H3;1-3H2;;/q;;;;;;-1;+1. The summed E-state index contributed by atoms with van der Waals surface area (Å²) in [5.74, 6) is -5.20. The molecule has 0 aliphatic carbocycles. The number of hydrogen-bond acceptors (Lipinski definition) is 33. The molecule has 7 saturated heterocycles. The molecular weight excluding hydrogens is 1630 g/mol. The first-order valence-electron chi connectivity index (χ1n) is 40.0. The zero-order valence-electron chi connectivity index (χ0n) is 73.4. The van der Waals surface area contributed by atoms with Gasteiger partial charge in [0.1, 0.15) is 99.2 Å². The Balaban J connectivity index is 0.00000145. The largest absolute Gasteiger partial charge is 1.00 e. The van der Waals surface area contributed by atoms with E-state index in [1.165, 1.54) is 60.3 Å². The quantitative estimate of drug-likeness (QED) is 0.0103. The molecule has 0 spiro atoms. The molecule has 42 heteroatoms. The molecule has 7 fully saturated rings. The summed E-state index contributed by atoms with van der Waals surface area (Å²) in [6.07, 6.45) is -2.20. The summed E-state index contributed by atoms with van der Waals surface area (Å²) in [4.78, 5) is 187. The Hall–Kier alpha value is -8.01. The molecule has 25 unspecified atom stereocenters. The zero-order chi connectivity index (χ0) is 91.7. The molecule has 3 N–H and O–H groups in total. The molecule has 40 nitrogen and oxygen atoms in total. The summed E-state index contributed by atoms with van der Waals surface area (Å²) >= 11 is 6.07. The van der Waals surface area contributed by atoms with Crippen molar-refractivity contribution in [3.63, 3.8) is 0 Å². The normalized spacial score (nSPS) is 30.6. The van der Waals surface area contributed by atoms with Gasteiger partial charge in [-0.3, -0.25) is 76.8 Å². The van der Waals surface area contributed by atoms with Gasteiger partial charge >= 0.3 is 101 Å². The van der Waals surface area contributed by atoms with Crippen LogP contribution in [0.2, 0.25) is 0 Å². The third-order valence-corrected chi connectivity index (χ3v) is 22.4. The minimum absolute atomic E-state index is 0. The number of hydrogen-bond donors (Lipinski definition) is 2. The van der Waals surface area contributed by atoms with Gasteiger partial charge in [0.15, 0.2) is 0 Å². The van der Waals surface area contributed by atoms with Gasteiger partial charge in [-0.15, -0.1) is 5.06 Å². The Kier molecular flexibility index (Phi) is 54.3. The number of rotatable bonds is 27. The molecule has 7 rings (SSSR count). The maximum absolute atomic E-state index is 12.4. The van der Waals surface area contributed by atoms with Crippen LogP contribution in [0.3, 0.4) is 0 Å². The Morgan fingerprint density at radius 1 is 0.430 bits per heavy atom. The van der Waals surface area contributed by atoms with Gasteiger partial charge < -0.3 is 93.1 Å². The summed E-state index contributed by atoms with van der Waals surface area (Å²) in [5.41, 5.74) is 27.4. The molecule has 7 aliphatic rings. The van der Waals surface area contributed by atoms with Crippen LogP contribution < -0.4 is 35.3 Å². The van der Waals surface area contributed by atoms with Crippen LogP contribution in [-0.4, -0.2) is 217 Å². The first kappa shape index (κ1) is 113. The van der Waals surface area contributed by atoms with Crippen molar-refractivity contribution >= 4 is 107 Å². The van der Waals surface area contributed by atoms with E-state index in [4.69, 9.17) is 105 Å². The molecule has 0 aromatic heterocycles. The van der Waals surface area contributed by atoms with Gasteiger partial charge in [0, 0.05) is 154 Å². The summed E-state index contributed by atoms with van der Waals surface area (Å²) in [7, 11) is 0. The number of esters is 10. The van der Waals surface area contributed by atoms with Crippen molar-refractivity contribution in [2.45, 2.75) is 301 Å². The van der Waals surface area contributed by atoms with Gasteiger partial charge in [0.2, 0.25) is 0 Å². The summed E-state index contributed by atoms with van der Waals surface area (Å²) in [5, 5.41) is 12.7. The van der Waals surface area contributed by atoms with Crippen molar-refractivity contribution in [3.8, 4) is 0 Å². The fourth-order valence-electron chi connectivity index (χ4n) is 13.6. The molecule has 25 atom stereocenters. The zero-order valence-corrected chi connectivity index (χ0v) is 76.1. The van der Waals surface area contributed by atoms with E-state index in [1.807, 2.05) is 48.5 Å². The average Bonchev–Trinajstić information content (AvgIpc) is 1.48. The van der Waals surface area contributed by atoms with Crippen LogP contribution in [0.1, 0.15) is 222 Å². The first-order chi connectivity index (χ1) is 56.0. The first-order valence-corrected chi connectivity index (χ1v) is 40.4. The van der Waals surface area contributed by atoms with Crippen LogP contribution >= 0.6 is 11.6 Å². The van der Waals surface area contributed by atoms with Crippen LogP contribution in [0.5, 0.6) is 0 Å². The molecule has 0 saturated carbocycles.